The molecule has 148 valence electrons. The van der Waals surface area contributed by atoms with Crippen molar-refractivity contribution in [3.05, 3.63) is 57.0 Å². The standard InChI is InChI=1S/C19H23FN6OS/c1-12-4-5-14(8-15(12)20)10-26(3)19-13(2)18(22-11-23-19)21-9-17-25-24-16(28-17)6-7-27/h4-5,8,11,27H,6-7,9-10H2,1-3H3,(H,21,22,23). The predicted octanol–water partition coefficient (Wildman–Crippen LogP) is 2.87. The molecule has 0 amide bonds. The van der Waals surface area contributed by atoms with Crippen LogP contribution < -0.4 is 10.2 Å². The lowest BCUT2D eigenvalue weighted by atomic mass is 10.1. The lowest BCUT2D eigenvalue weighted by molar-refractivity contribution is 0.299. The number of aliphatic hydroxyl groups is 1. The summed E-state index contributed by atoms with van der Waals surface area (Å²) in [4.78, 5) is 10.7. The highest BCUT2D eigenvalue weighted by molar-refractivity contribution is 7.11. The zero-order chi connectivity index (χ0) is 20.1. The third-order valence-corrected chi connectivity index (χ3v) is 5.30. The summed E-state index contributed by atoms with van der Waals surface area (Å²) >= 11 is 1.46. The minimum absolute atomic E-state index is 0.0632. The Bertz CT molecular complexity index is 948. The van der Waals surface area contributed by atoms with Crippen LogP contribution in [0.1, 0.15) is 26.7 Å². The maximum atomic E-state index is 13.8. The second-order valence-corrected chi connectivity index (χ2v) is 7.67. The van der Waals surface area contributed by atoms with E-state index in [0.717, 1.165) is 27.0 Å². The highest BCUT2D eigenvalue weighted by Gasteiger charge is 2.13. The third kappa shape index (κ3) is 4.79. The number of nitrogens with one attached hydrogen (secondary N) is 1. The van der Waals surface area contributed by atoms with E-state index < -0.39 is 0 Å². The first kappa shape index (κ1) is 20.1. The molecule has 0 aliphatic heterocycles. The second-order valence-electron chi connectivity index (χ2n) is 6.53. The summed E-state index contributed by atoms with van der Waals surface area (Å²) in [5, 5.41) is 22.0. The first-order valence-electron chi connectivity index (χ1n) is 8.91. The Morgan fingerprint density at radius 3 is 2.71 bits per heavy atom. The van der Waals surface area contributed by atoms with E-state index >= 15 is 0 Å². The smallest absolute Gasteiger partial charge is 0.137 e. The molecular weight excluding hydrogens is 379 g/mol. The van der Waals surface area contributed by atoms with E-state index in [9.17, 15) is 4.39 Å². The van der Waals surface area contributed by atoms with Crippen molar-refractivity contribution in [1.82, 2.24) is 20.2 Å². The Labute approximate surface area is 167 Å². The van der Waals surface area contributed by atoms with Crippen molar-refractivity contribution >= 4 is 23.0 Å². The molecule has 0 unspecified atom stereocenters. The molecule has 2 aromatic heterocycles. The van der Waals surface area contributed by atoms with Crippen LogP contribution in [0.5, 0.6) is 0 Å². The van der Waals surface area contributed by atoms with Crippen LogP contribution in [-0.2, 0) is 19.5 Å². The van der Waals surface area contributed by atoms with Gasteiger partial charge in [-0.2, -0.15) is 0 Å². The largest absolute Gasteiger partial charge is 0.396 e. The number of aliphatic hydroxyl groups excluding tert-OH is 1. The van der Waals surface area contributed by atoms with Gasteiger partial charge in [0.25, 0.3) is 0 Å². The second kappa shape index (κ2) is 9.03. The number of hydrogen-bond acceptors (Lipinski definition) is 8. The van der Waals surface area contributed by atoms with Crippen molar-refractivity contribution in [2.24, 2.45) is 0 Å². The van der Waals surface area contributed by atoms with Gasteiger partial charge in [0, 0.05) is 32.2 Å². The van der Waals surface area contributed by atoms with Crippen molar-refractivity contribution < 1.29 is 9.50 Å². The molecule has 3 aromatic rings. The maximum Gasteiger partial charge on any atom is 0.137 e. The summed E-state index contributed by atoms with van der Waals surface area (Å²) in [6.07, 6.45) is 2.02. The van der Waals surface area contributed by atoms with Crippen LogP contribution in [0.3, 0.4) is 0 Å². The summed E-state index contributed by atoms with van der Waals surface area (Å²) in [6, 6.07) is 5.26. The number of aromatic nitrogens is 4. The highest BCUT2D eigenvalue weighted by atomic mass is 32.1. The predicted molar refractivity (Wildman–Crippen MR) is 108 cm³/mol. The molecule has 1 aromatic carbocycles. The normalized spacial score (nSPS) is 10.9. The Kier molecular flexibility index (Phi) is 6.48. The van der Waals surface area contributed by atoms with Gasteiger partial charge in [0.2, 0.25) is 0 Å². The van der Waals surface area contributed by atoms with E-state index in [1.54, 1.807) is 19.1 Å². The SMILES string of the molecule is Cc1ccc(CN(C)c2ncnc(NCc3nnc(CCO)s3)c2C)cc1F. The first-order valence-corrected chi connectivity index (χ1v) is 9.73. The first-order chi connectivity index (χ1) is 13.5. The van der Waals surface area contributed by atoms with Crippen LogP contribution in [0.25, 0.3) is 0 Å². The molecule has 0 saturated carbocycles. The summed E-state index contributed by atoms with van der Waals surface area (Å²) in [6.45, 7) is 4.79. The number of rotatable bonds is 8. The third-order valence-electron chi connectivity index (χ3n) is 4.32. The van der Waals surface area contributed by atoms with Crippen LogP contribution in [-0.4, -0.2) is 38.9 Å². The van der Waals surface area contributed by atoms with Crippen molar-refractivity contribution in [1.29, 1.82) is 0 Å². The van der Waals surface area contributed by atoms with Gasteiger partial charge < -0.3 is 15.3 Å². The highest BCUT2D eigenvalue weighted by Crippen LogP contribution is 2.24. The van der Waals surface area contributed by atoms with Crippen LogP contribution in [0.2, 0.25) is 0 Å². The van der Waals surface area contributed by atoms with Gasteiger partial charge in [-0.3, -0.25) is 0 Å². The zero-order valence-corrected chi connectivity index (χ0v) is 16.9. The van der Waals surface area contributed by atoms with Crippen molar-refractivity contribution in [2.75, 3.05) is 23.9 Å². The molecule has 2 heterocycles. The molecule has 0 bridgehead atoms. The van der Waals surface area contributed by atoms with Crippen LogP contribution in [0, 0.1) is 19.7 Å². The fourth-order valence-electron chi connectivity index (χ4n) is 2.80. The molecule has 0 radical (unpaired) electrons. The van der Waals surface area contributed by atoms with E-state index in [2.05, 4.69) is 25.5 Å². The molecule has 7 nitrogen and oxygen atoms in total. The van der Waals surface area contributed by atoms with E-state index in [-0.39, 0.29) is 12.4 Å². The number of benzene rings is 1. The van der Waals surface area contributed by atoms with Crippen LogP contribution in [0.15, 0.2) is 24.5 Å². The van der Waals surface area contributed by atoms with E-state index in [4.69, 9.17) is 5.11 Å². The van der Waals surface area contributed by atoms with Crippen LogP contribution >= 0.6 is 11.3 Å². The zero-order valence-electron chi connectivity index (χ0n) is 16.1. The van der Waals surface area contributed by atoms with Gasteiger partial charge in [0.05, 0.1) is 6.54 Å². The quantitative estimate of drug-likeness (QED) is 0.599. The molecule has 9 heteroatoms. The lowest BCUT2D eigenvalue weighted by Crippen LogP contribution is -2.20. The summed E-state index contributed by atoms with van der Waals surface area (Å²) in [5.74, 6) is 1.29. The lowest BCUT2D eigenvalue weighted by Gasteiger charge is -2.21. The van der Waals surface area contributed by atoms with Gasteiger partial charge in [0.1, 0.15) is 33.8 Å². The van der Waals surface area contributed by atoms with Gasteiger partial charge >= 0.3 is 0 Å². The average Bonchev–Trinajstić information content (AvgIpc) is 3.11. The minimum Gasteiger partial charge on any atom is -0.396 e. The molecule has 0 atom stereocenters. The van der Waals surface area contributed by atoms with Gasteiger partial charge in [-0.05, 0) is 31.0 Å². The van der Waals surface area contributed by atoms with E-state index in [1.165, 1.54) is 17.7 Å². The Balaban J connectivity index is 1.69. The Morgan fingerprint density at radius 2 is 1.96 bits per heavy atom. The van der Waals surface area contributed by atoms with Crippen LogP contribution in [0.4, 0.5) is 16.0 Å². The number of nitrogens with zero attached hydrogens (tertiary/aromatic N) is 5. The molecule has 28 heavy (non-hydrogen) atoms. The molecule has 0 aliphatic carbocycles. The fraction of sp³-hybridized carbons (Fsp3) is 0.368. The molecule has 0 saturated heterocycles. The average molecular weight is 402 g/mol. The van der Waals surface area contributed by atoms with Gasteiger partial charge in [-0.15, -0.1) is 10.2 Å². The maximum absolute atomic E-state index is 13.8. The van der Waals surface area contributed by atoms with Gasteiger partial charge in [-0.1, -0.05) is 23.5 Å². The number of anilines is 2. The summed E-state index contributed by atoms with van der Waals surface area (Å²) in [5.41, 5.74) is 2.41. The molecule has 3 rings (SSSR count). The molecular formula is C19H23FN6OS. The molecule has 0 aliphatic rings. The van der Waals surface area contributed by atoms with E-state index in [1.807, 2.05) is 24.9 Å². The number of hydrogen-bond donors (Lipinski definition) is 2. The van der Waals surface area contributed by atoms with Crippen molar-refractivity contribution in [3.63, 3.8) is 0 Å². The molecule has 0 fully saturated rings. The summed E-state index contributed by atoms with van der Waals surface area (Å²) < 4.78 is 13.8. The number of halogens is 1. The Morgan fingerprint density at radius 1 is 1.18 bits per heavy atom. The molecule has 2 N–H and O–H groups in total. The van der Waals surface area contributed by atoms with Gasteiger partial charge in [0.15, 0.2) is 0 Å². The monoisotopic (exact) mass is 402 g/mol. The van der Waals surface area contributed by atoms with Crippen molar-refractivity contribution in [3.8, 4) is 0 Å². The summed E-state index contributed by atoms with van der Waals surface area (Å²) in [7, 11) is 1.92. The minimum atomic E-state index is -0.203. The molecule has 0 spiro atoms. The Hall–Kier alpha value is -2.65. The topological polar surface area (TPSA) is 87.1 Å². The fourth-order valence-corrected chi connectivity index (χ4v) is 3.58. The van der Waals surface area contributed by atoms with Crippen molar-refractivity contribution in [2.45, 2.75) is 33.4 Å². The van der Waals surface area contributed by atoms with E-state index in [0.29, 0.717) is 30.9 Å². The van der Waals surface area contributed by atoms with Gasteiger partial charge in [-0.25, -0.2) is 14.4 Å². The number of aryl methyl sites for hydroxylation is 1.